The molecule has 1 N–H and O–H groups in total. The molecule has 0 fully saturated rings. The summed E-state index contributed by atoms with van der Waals surface area (Å²) in [5.41, 5.74) is 4.55. The highest BCUT2D eigenvalue weighted by molar-refractivity contribution is 5.73. The third kappa shape index (κ3) is 3.84. The Morgan fingerprint density at radius 2 is 1.68 bits per heavy atom. The molecule has 3 aromatic rings. The van der Waals surface area contributed by atoms with Crippen molar-refractivity contribution in [1.29, 1.82) is 0 Å². The van der Waals surface area contributed by atoms with Crippen LogP contribution in [0.5, 0.6) is 5.75 Å². The maximum atomic E-state index is 10.8. The van der Waals surface area contributed by atoms with Gasteiger partial charge in [-0.3, -0.25) is 0 Å². The van der Waals surface area contributed by atoms with E-state index >= 15 is 0 Å². The summed E-state index contributed by atoms with van der Waals surface area (Å²) in [7, 11) is 0. The number of nitrogens with zero attached hydrogens (tertiary/aromatic N) is 3. The number of phenolic OH excluding ortho intramolecular Hbond substituents is 1. The minimum absolute atomic E-state index is 0.307. The van der Waals surface area contributed by atoms with E-state index in [4.69, 9.17) is 0 Å². The van der Waals surface area contributed by atoms with E-state index in [-0.39, 0.29) is 0 Å². The molecule has 0 aliphatic rings. The Morgan fingerprint density at radius 1 is 1.00 bits per heavy atom. The lowest BCUT2D eigenvalue weighted by Crippen LogP contribution is -2.03. The molecule has 0 radical (unpaired) electrons. The number of aromatic hydroxyl groups is 1. The van der Waals surface area contributed by atoms with Crippen LogP contribution in [0.25, 0.3) is 16.7 Å². The predicted octanol–water partition coefficient (Wildman–Crippen LogP) is 5.37. The highest BCUT2D eigenvalue weighted by atomic mass is 16.3. The summed E-state index contributed by atoms with van der Waals surface area (Å²) in [4.78, 5) is 1.57. The second kappa shape index (κ2) is 7.68. The summed E-state index contributed by atoms with van der Waals surface area (Å²) in [6.45, 7) is 6.55. The zero-order valence-corrected chi connectivity index (χ0v) is 15.4. The van der Waals surface area contributed by atoms with Crippen LogP contribution in [0.15, 0.2) is 36.4 Å². The molecule has 1 heterocycles. The maximum absolute atomic E-state index is 10.8. The zero-order chi connectivity index (χ0) is 17.8. The summed E-state index contributed by atoms with van der Waals surface area (Å²) in [6.07, 6.45) is 5.63. The topological polar surface area (TPSA) is 50.9 Å². The Labute approximate surface area is 149 Å². The van der Waals surface area contributed by atoms with Crippen LogP contribution < -0.4 is 0 Å². The molecule has 0 saturated carbocycles. The molecule has 3 rings (SSSR count). The molecule has 0 amide bonds. The SMILES string of the molecule is CCCCCCc1cc(C(C)C)cc(-n2nc3ccccc3n2)c1O. The van der Waals surface area contributed by atoms with Crippen molar-refractivity contribution in [3.05, 3.63) is 47.5 Å². The van der Waals surface area contributed by atoms with E-state index < -0.39 is 0 Å². The minimum Gasteiger partial charge on any atom is -0.505 e. The standard InChI is InChI=1S/C21H27N3O/c1-4-5-6-7-10-16-13-17(15(2)3)14-20(21(16)25)24-22-18-11-8-9-12-19(18)23-24/h8-9,11-15,25H,4-7,10H2,1-3H3. The second-order valence-corrected chi connectivity index (χ2v) is 6.99. The lowest BCUT2D eigenvalue weighted by Gasteiger charge is -2.14. The first-order chi connectivity index (χ1) is 12.1. The molecule has 0 spiro atoms. The molecule has 4 heteroatoms. The van der Waals surface area contributed by atoms with Crippen LogP contribution in [0.4, 0.5) is 0 Å². The van der Waals surface area contributed by atoms with E-state index in [1.165, 1.54) is 24.8 Å². The number of benzene rings is 2. The third-order valence-corrected chi connectivity index (χ3v) is 4.66. The molecule has 2 aromatic carbocycles. The number of aryl methyl sites for hydroxylation is 1. The molecule has 0 atom stereocenters. The molecular weight excluding hydrogens is 310 g/mol. The van der Waals surface area contributed by atoms with Crippen molar-refractivity contribution in [2.24, 2.45) is 0 Å². The number of unbranched alkanes of at least 4 members (excludes halogenated alkanes) is 3. The van der Waals surface area contributed by atoms with Gasteiger partial charge in [-0.15, -0.1) is 15.0 Å². The number of rotatable bonds is 7. The van der Waals surface area contributed by atoms with Gasteiger partial charge in [-0.25, -0.2) is 0 Å². The van der Waals surface area contributed by atoms with E-state index in [0.29, 0.717) is 17.4 Å². The van der Waals surface area contributed by atoms with Gasteiger partial charge in [0.1, 0.15) is 22.5 Å². The molecule has 0 aliphatic heterocycles. The fraction of sp³-hybridized carbons (Fsp3) is 0.429. The summed E-state index contributed by atoms with van der Waals surface area (Å²) in [5, 5.41) is 19.9. The van der Waals surface area contributed by atoms with Gasteiger partial charge in [-0.2, -0.15) is 0 Å². The molecule has 4 nitrogen and oxygen atoms in total. The normalized spacial score (nSPS) is 11.5. The van der Waals surface area contributed by atoms with Crippen LogP contribution in [0, 0.1) is 0 Å². The highest BCUT2D eigenvalue weighted by Crippen LogP contribution is 2.32. The summed E-state index contributed by atoms with van der Waals surface area (Å²) >= 11 is 0. The average Bonchev–Trinajstić information content (AvgIpc) is 3.03. The molecule has 0 aliphatic carbocycles. The van der Waals surface area contributed by atoms with E-state index in [9.17, 15) is 5.11 Å². The third-order valence-electron chi connectivity index (χ3n) is 4.66. The number of hydrogen-bond donors (Lipinski definition) is 1. The lowest BCUT2D eigenvalue weighted by atomic mass is 9.96. The minimum atomic E-state index is 0.307. The lowest BCUT2D eigenvalue weighted by molar-refractivity contribution is 0.458. The first-order valence-electron chi connectivity index (χ1n) is 9.28. The van der Waals surface area contributed by atoms with Crippen LogP contribution in [-0.2, 0) is 6.42 Å². The fourth-order valence-electron chi connectivity index (χ4n) is 3.09. The Kier molecular flexibility index (Phi) is 5.37. The fourth-order valence-corrected chi connectivity index (χ4v) is 3.09. The van der Waals surface area contributed by atoms with E-state index in [1.807, 2.05) is 30.3 Å². The highest BCUT2D eigenvalue weighted by Gasteiger charge is 2.15. The monoisotopic (exact) mass is 337 g/mol. The summed E-state index contributed by atoms with van der Waals surface area (Å²) in [5.74, 6) is 0.694. The van der Waals surface area contributed by atoms with Crippen LogP contribution in [-0.4, -0.2) is 20.1 Å². The Balaban J connectivity index is 2.00. The van der Waals surface area contributed by atoms with Crippen molar-refractivity contribution in [1.82, 2.24) is 15.0 Å². The molecule has 25 heavy (non-hydrogen) atoms. The first-order valence-corrected chi connectivity index (χ1v) is 9.28. The van der Waals surface area contributed by atoms with Crippen LogP contribution in [0.1, 0.15) is 63.5 Å². The Morgan fingerprint density at radius 3 is 2.28 bits per heavy atom. The molecule has 132 valence electrons. The number of aromatic nitrogens is 3. The second-order valence-electron chi connectivity index (χ2n) is 6.99. The zero-order valence-electron chi connectivity index (χ0n) is 15.4. The van der Waals surface area contributed by atoms with E-state index in [0.717, 1.165) is 29.4 Å². The van der Waals surface area contributed by atoms with Crippen molar-refractivity contribution in [2.75, 3.05) is 0 Å². The van der Waals surface area contributed by atoms with Gasteiger partial charge in [-0.05, 0) is 48.1 Å². The first kappa shape index (κ1) is 17.5. The quantitative estimate of drug-likeness (QED) is 0.589. The van der Waals surface area contributed by atoms with Gasteiger partial charge in [0.25, 0.3) is 0 Å². The van der Waals surface area contributed by atoms with Crippen molar-refractivity contribution < 1.29 is 5.11 Å². The van der Waals surface area contributed by atoms with Crippen molar-refractivity contribution in [3.8, 4) is 11.4 Å². The van der Waals surface area contributed by atoms with Crippen LogP contribution in [0.3, 0.4) is 0 Å². The van der Waals surface area contributed by atoms with Gasteiger partial charge < -0.3 is 5.11 Å². The Hall–Kier alpha value is -2.36. The summed E-state index contributed by atoms with van der Waals surface area (Å²) in [6, 6.07) is 11.9. The van der Waals surface area contributed by atoms with Gasteiger partial charge in [0, 0.05) is 0 Å². The predicted molar refractivity (Wildman–Crippen MR) is 102 cm³/mol. The molecule has 0 saturated heterocycles. The average molecular weight is 337 g/mol. The van der Waals surface area contributed by atoms with E-state index in [2.05, 4.69) is 37.0 Å². The summed E-state index contributed by atoms with van der Waals surface area (Å²) < 4.78 is 0. The number of hydrogen-bond acceptors (Lipinski definition) is 3. The molecule has 0 bridgehead atoms. The van der Waals surface area contributed by atoms with Gasteiger partial charge in [-0.1, -0.05) is 58.2 Å². The number of phenols is 1. The van der Waals surface area contributed by atoms with Gasteiger partial charge in [0.05, 0.1) is 0 Å². The molecule has 1 aromatic heterocycles. The maximum Gasteiger partial charge on any atom is 0.146 e. The van der Waals surface area contributed by atoms with Gasteiger partial charge >= 0.3 is 0 Å². The number of fused-ring (bicyclic) bond motifs is 1. The Bertz CT molecular complexity index is 818. The molecule has 0 unspecified atom stereocenters. The smallest absolute Gasteiger partial charge is 0.146 e. The van der Waals surface area contributed by atoms with Crippen LogP contribution >= 0.6 is 0 Å². The van der Waals surface area contributed by atoms with Crippen LogP contribution in [0.2, 0.25) is 0 Å². The van der Waals surface area contributed by atoms with Gasteiger partial charge in [0.15, 0.2) is 0 Å². The van der Waals surface area contributed by atoms with Gasteiger partial charge in [0.2, 0.25) is 0 Å². The van der Waals surface area contributed by atoms with Crippen molar-refractivity contribution in [3.63, 3.8) is 0 Å². The largest absolute Gasteiger partial charge is 0.505 e. The van der Waals surface area contributed by atoms with Crippen molar-refractivity contribution >= 4 is 11.0 Å². The van der Waals surface area contributed by atoms with E-state index in [1.54, 1.807) is 4.80 Å². The molecular formula is C21H27N3O. The van der Waals surface area contributed by atoms with Crippen molar-refractivity contribution in [2.45, 2.75) is 58.8 Å².